The predicted molar refractivity (Wildman–Crippen MR) is 108 cm³/mol. The van der Waals surface area contributed by atoms with Gasteiger partial charge in [0.1, 0.15) is 4.88 Å². The highest BCUT2D eigenvalue weighted by Crippen LogP contribution is 2.19. The van der Waals surface area contributed by atoms with Crippen LogP contribution in [0.3, 0.4) is 0 Å². The molecule has 0 unspecified atom stereocenters. The Morgan fingerprint density at radius 1 is 1.22 bits per heavy atom. The molecule has 27 heavy (non-hydrogen) atoms. The fourth-order valence-electron chi connectivity index (χ4n) is 3.34. The summed E-state index contributed by atoms with van der Waals surface area (Å²) in [5, 5.41) is 3.97. The van der Waals surface area contributed by atoms with Crippen LogP contribution in [0.4, 0.5) is 0 Å². The molecule has 2 aromatic rings. The van der Waals surface area contributed by atoms with Gasteiger partial charge < -0.3 is 10.2 Å². The maximum atomic E-state index is 12.7. The van der Waals surface area contributed by atoms with Gasteiger partial charge >= 0.3 is 0 Å². The molecule has 1 aliphatic heterocycles. The number of rotatable bonds is 6. The molecule has 2 amide bonds. The summed E-state index contributed by atoms with van der Waals surface area (Å²) < 4.78 is 0. The number of hydrogen-bond donors (Lipinski definition) is 1. The molecule has 1 aromatic heterocycles. The summed E-state index contributed by atoms with van der Waals surface area (Å²) in [6.07, 6.45) is 5.28. The zero-order chi connectivity index (χ0) is 19.2. The van der Waals surface area contributed by atoms with Crippen molar-refractivity contribution in [2.45, 2.75) is 52.5 Å². The third-order valence-corrected chi connectivity index (χ3v) is 6.00. The molecular weight excluding hydrogens is 358 g/mol. The van der Waals surface area contributed by atoms with Crippen LogP contribution in [-0.2, 0) is 13.0 Å². The molecule has 5 nitrogen and oxygen atoms in total. The van der Waals surface area contributed by atoms with Gasteiger partial charge in [-0.2, -0.15) is 0 Å². The first-order chi connectivity index (χ1) is 13.1. The van der Waals surface area contributed by atoms with Gasteiger partial charge in [-0.1, -0.05) is 19.1 Å². The average Bonchev–Trinajstić information content (AvgIpc) is 3.07. The maximum Gasteiger partial charge on any atom is 0.263 e. The highest BCUT2D eigenvalue weighted by molar-refractivity contribution is 7.13. The number of thiazole rings is 1. The van der Waals surface area contributed by atoms with Crippen molar-refractivity contribution in [3.05, 3.63) is 51.0 Å². The van der Waals surface area contributed by atoms with E-state index in [4.69, 9.17) is 0 Å². The molecule has 0 atom stereocenters. The van der Waals surface area contributed by atoms with Crippen molar-refractivity contribution >= 4 is 23.2 Å². The first kappa shape index (κ1) is 19.5. The minimum Gasteiger partial charge on any atom is -0.347 e. The number of piperidine rings is 1. The van der Waals surface area contributed by atoms with E-state index in [1.807, 2.05) is 36.1 Å². The Kier molecular flexibility index (Phi) is 6.61. The zero-order valence-corrected chi connectivity index (χ0v) is 16.9. The Bertz CT molecular complexity index is 810. The number of likely N-dealkylation sites (tertiary alicyclic amines) is 1. The fourth-order valence-corrected chi connectivity index (χ4v) is 4.42. The lowest BCUT2D eigenvalue weighted by atomic mass is 10.1. The molecule has 1 fully saturated rings. The second-order valence-electron chi connectivity index (χ2n) is 7.01. The molecule has 3 rings (SSSR count). The van der Waals surface area contributed by atoms with E-state index in [1.165, 1.54) is 17.8 Å². The minimum absolute atomic E-state index is 0.0883. The smallest absolute Gasteiger partial charge is 0.263 e. The molecule has 2 heterocycles. The van der Waals surface area contributed by atoms with E-state index in [1.54, 1.807) is 0 Å². The highest BCUT2D eigenvalue weighted by Gasteiger charge is 2.19. The molecular formula is C21H27N3O2S. The maximum absolute atomic E-state index is 12.7. The molecule has 1 saturated heterocycles. The van der Waals surface area contributed by atoms with Crippen LogP contribution in [0, 0.1) is 6.92 Å². The second kappa shape index (κ2) is 9.13. The van der Waals surface area contributed by atoms with Gasteiger partial charge in [0, 0.05) is 25.2 Å². The van der Waals surface area contributed by atoms with Gasteiger partial charge in [0.15, 0.2) is 0 Å². The highest BCUT2D eigenvalue weighted by atomic mass is 32.1. The summed E-state index contributed by atoms with van der Waals surface area (Å²) in [5.74, 6) is -0.00880. The van der Waals surface area contributed by atoms with Crippen LogP contribution in [0.5, 0.6) is 0 Å². The normalized spacial score (nSPS) is 14.2. The summed E-state index contributed by atoms with van der Waals surface area (Å²) in [6, 6.07) is 7.57. The van der Waals surface area contributed by atoms with E-state index in [2.05, 4.69) is 17.2 Å². The van der Waals surface area contributed by atoms with Crippen LogP contribution in [0.1, 0.15) is 68.9 Å². The molecule has 0 radical (unpaired) electrons. The molecule has 0 bridgehead atoms. The fraction of sp³-hybridized carbons (Fsp3) is 0.476. The number of nitrogens with one attached hydrogen (secondary N) is 1. The third kappa shape index (κ3) is 4.95. The number of carbonyl (C=O) groups excluding carboxylic acids is 2. The van der Waals surface area contributed by atoms with Crippen LogP contribution in [-0.4, -0.2) is 34.8 Å². The van der Waals surface area contributed by atoms with Gasteiger partial charge in [0.25, 0.3) is 11.8 Å². The Morgan fingerprint density at radius 3 is 2.74 bits per heavy atom. The molecule has 0 saturated carbocycles. The number of carbonyl (C=O) groups is 2. The lowest BCUT2D eigenvalue weighted by Gasteiger charge is -2.26. The third-order valence-electron chi connectivity index (χ3n) is 4.78. The number of benzene rings is 1. The average molecular weight is 386 g/mol. The number of hydrogen-bond acceptors (Lipinski definition) is 4. The molecule has 1 aromatic carbocycles. The first-order valence-electron chi connectivity index (χ1n) is 9.71. The van der Waals surface area contributed by atoms with Crippen LogP contribution in [0.25, 0.3) is 0 Å². The van der Waals surface area contributed by atoms with Gasteiger partial charge in [-0.25, -0.2) is 4.98 Å². The van der Waals surface area contributed by atoms with Crippen LogP contribution in [0.15, 0.2) is 24.3 Å². The van der Waals surface area contributed by atoms with Crippen molar-refractivity contribution in [3.63, 3.8) is 0 Å². The lowest BCUT2D eigenvalue weighted by Crippen LogP contribution is -2.35. The standard InChI is InChI=1S/C21H27N3O2S/c1-3-8-18-23-15(2)19(27-18)20(25)22-14-16-9-7-10-17(13-16)21(26)24-11-5-4-6-12-24/h7,9-10,13H,3-6,8,11-12,14H2,1-2H3,(H,22,25). The predicted octanol–water partition coefficient (Wildman–Crippen LogP) is 3.96. The summed E-state index contributed by atoms with van der Waals surface area (Å²) >= 11 is 1.47. The van der Waals surface area contributed by atoms with Gasteiger partial charge in [-0.3, -0.25) is 9.59 Å². The van der Waals surface area contributed by atoms with Crippen molar-refractivity contribution in [1.29, 1.82) is 0 Å². The zero-order valence-electron chi connectivity index (χ0n) is 16.1. The Hall–Kier alpha value is -2.21. The van der Waals surface area contributed by atoms with Crippen molar-refractivity contribution in [2.24, 2.45) is 0 Å². The van der Waals surface area contributed by atoms with Crippen LogP contribution < -0.4 is 5.32 Å². The summed E-state index contributed by atoms with van der Waals surface area (Å²) in [6.45, 7) is 6.06. The molecule has 144 valence electrons. The van der Waals surface area contributed by atoms with Gasteiger partial charge in [-0.05, 0) is 56.7 Å². The van der Waals surface area contributed by atoms with E-state index in [-0.39, 0.29) is 11.8 Å². The van der Waals surface area contributed by atoms with E-state index in [0.717, 1.165) is 55.0 Å². The molecule has 6 heteroatoms. The monoisotopic (exact) mass is 385 g/mol. The largest absolute Gasteiger partial charge is 0.347 e. The van der Waals surface area contributed by atoms with Gasteiger partial charge in [-0.15, -0.1) is 11.3 Å². The van der Waals surface area contributed by atoms with E-state index < -0.39 is 0 Å². The Labute approximate surface area is 164 Å². The molecule has 1 aliphatic rings. The quantitative estimate of drug-likeness (QED) is 0.819. The van der Waals surface area contributed by atoms with Crippen molar-refractivity contribution in [2.75, 3.05) is 13.1 Å². The minimum atomic E-state index is -0.0971. The van der Waals surface area contributed by atoms with Crippen LogP contribution >= 0.6 is 11.3 Å². The van der Waals surface area contributed by atoms with E-state index in [0.29, 0.717) is 17.0 Å². The van der Waals surface area contributed by atoms with Gasteiger partial charge in [0.05, 0.1) is 10.7 Å². The Balaban J connectivity index is 1.62. The SMILES string of the molecule is CCCc1nc(C)c(C(=O)NCc2cccc(C(=O)N3CCCCC3)c2)s1. The number of nitrogens with zero attached hydrogens (tertiary/aromatic N) is 2. The van der Waals surface area contributed by atoms with Crippen molar-refractivity contribution in [3.8, 4) is 0 Å². The summed E-state index contributed by atoms with van der Waals surface area (Å²) in [7, 11) is 0. The number of aryl methyl sites for hydroxylation is 2. The molecule has 1 N–H and O–H groups in total. The topological polar surface area (TPSA) is 62.3 Å². The summed E-state index contributed by atoms with van der Waals surface area (Å²) in [4.78, 5) is 32.2. The van der Waals surface area contributed by atoms with Crippen molar-refractivity contribution < 1.29 is 9.59 Å². The Morgan fingerprint density at radius 2 is 2.00 bits per heavy atom. The van der Waals surface area contributed by atoms with E-state index >= 15 is 0 Å². The van der Waals surface area contributed by atoms with E-state index in [9.17, 15) is 9.59 Å². The van der Waals surface area contributed by atoms with Gasteiger partial charge in [0.2, 0.25) is 0 Å². The number of aromatic nitrogens is 1. The number of amides is 2. The second-order valence-corrected chi connectivity index (χ2v) is 8.09. The van der Waals surface area contributed by atoms with Crippen LogP contribution in [0.2, 0.25) is 0 Å². The lowest BCUT2D eigenvalue weighted by molar-refractivity contribution is 0.0724. The summed E-state index contributed by atoms with van der Waals surface area (Å²) in [5.41, 5.74) is 2.42. The first-order valence-corrected chi connectivity index (χ1v) is 10.5. The molecule has 0 aliphatic carbocycles. The molecule has 0 spiro atoms. The van der Waals surface area contributed by atoms with Crippen molar-refractivity contribution in [1.82, 2.24) is 15.2 Å².